The Morgan fingerprint density at radius 1 is 1.25 bits per heavy atom. The molecule has 8 nitrogen and oxygen atoms in total. The number of carboxylic acid groups (broad SMARTS) is 1. The average molecular weight is 390 g/mol. The van der Waals surface area contributed by atoms with Crippen molar-refractivity contribution in [2.45, 2.75) is 32.6 Å². The molecule has 0 aliphatic carbocycles. The fraction of sp³-hybridized carbons (Fsp3) is 0.650. The highest BCUT2D eigenvalue weighted by Crippen LogP contribution is 2.28. The topological polar surface area (TPSA) is 95.0 Å². The number of carboxylic acids is 1. The molecule has 2 fully saturated rings. The molecule has 154 valence electrons. The quantitative estimate of drug-likeness (QED) is 0.736. The van der Waals surface area contributed by atoms with E-state index in [1.54, 1.807) is 13.1 Å². The van der Waals surface area contributed by atoms with Gasteiger partial charge in [0.1, 0.15) is 11.4 Å². The van der Waals surface area contributed by atoms with Gasteiger partial charge in [0, 0.05) is 32.6 Å². The number of carbonyl (C=O) groups excluding carboxylic acids is 1. The number of nitrogens with one attached hydrogen (secondary N) is 1. The first-order chi connectivity index (χ1) is 13.6. The second-order valence-electron chi connectivity index (χ2n) is 7.48. The first-order valence-corrected chi connectivity index (χ1v) is 10.1. The first kappa shape index (κ1) is 20.5. The van der Waals surface area contributed by atoms with Gasteiger partial charge in [-0.05, 0) is 37.8 Å². The molecule has 1 aromatic rings. The smallest absolute Gasteiger partial charge is 0.339 e. The van der Waals surface area contributed by atoms with Gasteiger partial charge in [0.05, 0.1) is 25.1 Å². The molecule has 1 amide bonds. The van der Waals surface area contributed by atoms with Gasteiger partial charge < -0.3 is 20.1 Å². The highest BCUT2D eigenvalue weighted by atomic mass is 16.5. The zero-order valence-corrected chi connectivity index (χ0v) is 16.5. The lowest BCUT2D eigenvalue weighted by Gasteiger charge is -2.35. The molecule has 0 radical (unpaired) electrons. The van der Waals surface area contributed by atoms with Crippen molar-refractivity contribution in [2.24, 2.45) is 5.92 Å². The van der Waals surface area contributed by atoms with Crippen molar-refractivity contribution in [3.05, 3.63) is 17.8 Å². The van der Waals surface area contributed by atoms with Gasteiger partial charge in [-0.15, -0.1) is 0 Å². The van der Waals surface area contributed by atoms with Crippen LogP contribution in [-0.4, -0.2) is 72.8 Å². The van der Waals surface area contributed by atoms with Gasteiger partial charge in [-0.1, -0.05) is 6.92 Å². The zero-order chi connectivity index (χ0) is 19.9. The summed E-state index contributed by atoms with van der Waals surface area (Å²) < 4.78 is 5.39. The number of hydrogen-bond donors (Lipinski definition) is 2. The summed E-state index contributed by atoms with van der Waals surface area (Å²) in [5.41, 5.74) is 0.564. The molecule has 3 rings (SSSR count). The van der Waals surface area contributed by atoms with E-state index in [1.165, 1.54) is 12.5 Å². The van der Waals surface area contributed by atoms with E-state index in [0.29, 0.717) is 23.8 Å². The van der Waals surface area contributed by atoms with Crippen LogP contribution in [0.2, 0.25) is 0 Å². The Morgan fingerprint density at radius 3 is 2.61 bits per heavy atom. The minimum atomic E-state index is -1.02. The average Bonchev–Trinajstić information content (AvgIpc) is 2.73. The van der Waals surface area contributed by atoms with Gasteiger partial charge in [-0.2, -0.15) is 0 Å². The van der Waals surface area contributed by atoms with Crippen LogP contribution in [-0.2, 0) is 9.53 Å². The molecule has 0 spiro atoms. The molecule has 2 saturated heterocycles. The van der Waals surface area contributed by atoms with Crippen molar-refractivity contribution >= 4 is 23.4 Å². The SMILES string of the molecule is CCC(=O)Nc1cnc(N2CCC(CCN3CCOCC3)CC2)c(C(=O)O)c1. The van der Waals surface area contributed by atoms with Crippen LogP contribution in [0, 0.1) is 5.92 Å². The van der Waals surface area contributed by atoms with Crippen LogP contribution in [0.4, 0.5) is 11.5 Å². The molecule has 2 aliphatic heterocycles. The summed E-state index contributed by atoms with van der Waals surface area (Å²) in [5.74, 6) is -0.0272. The molecule has 0 atom stereocenters. The summed E-state index contributed by atoms with van der Waals surface area (Å²) in [4.78, 5) is 32.2. The van der Waals surface area contributed by atoms with Gasteiger partial charge in [0.15, 0.2) is 0 Å². The zero-order valence-electron chi connectivity index (χ0n) is 16.5. The van der Waals surface area contributed by atoms with Crippen LogP contribution in [0.3, 0.4) is 0 Å². The predicted octanol–water partition coefficient (Wildman–Crippen LogP) is 2.07. The molecule has 2 N–H and O–H groups in total. The number of rotatable bonds is 7. The maximum atomic E-state index is 11.7. The number of hydrogen-bond acceptors (Lipinski definition) is 6. The number of piperidine rings is 1. The van der Waals surface area contributed by atoms with E-state index in [-0.39, 0.29) is 11.5 Å². The number of amides is 1. The molecule has 0 bridgehead atoms. The molecule has 28 heavy (non-hydrogen) atoms. The standard InChI is InChI=1S/C20H30N4O4/c1-2-18(25)22-16-13-17(20(26)27)19(21-14-16)24-7-4-15(5-8-24)3-6-23-9-11-28-12-10-23/h13-15H,2-12H2,1H3,(H,22,25)(H,26,27). The van der Waals surface area contributed by atoms with E-state index in [9.17, 15) is 14.7 Å². The van der Waals surface area contributed by atoms with E-state index in [1.807, 2.05) is 0 Å². The van der Waals surface area contributed by atoms with Gasteiger partial charge in [-0.3, -0.25) is 9.69 Å². The van der Waals surface area contributed by atoms with Crippen LogP contribution < -0.4 is 10.2 Å². The Morgan fingerprint density at radius 2 is 1.96 bits per heavy atom. The number of morpholine rings is 1. The van der Waals surface area contributed by atoms with Crippen molar-refractivity contribution < 1.29 is 19.4 Å². The van der Waals surface area contributed by atoms with Gasteiger partial charge in [0.2, 0.25) is 5.91 Å². The van der Waals surface area contributed by atoms with E-state index < -0.39 is 5.97 Å². The maximum Gasteiger partial charge on any atom is 0.339 e. The molecule has 0 unspecified atom stereocenters. The highest BCUT2D eigenvalue weighted by molar-refractivity contribution is 5.96. The second kappa shape index (κ2) is 9.84. The van der Waals surface area contributed by atoms with Crippen molar-refractivity contribution in [1.29, 1.82) is 0 Å². The number of aromatic carboxylic acids is 1. The van der Waals surface area contributed by atoms with Crippen molar-refractivity contribution in [3.8, 4) is 0 Å². The lowest BCUT2D eigenvalue weighted by molar-refractivity contribution is -0.115. The molecule has 0 saturated carbocycles. The largest absolute Gasteiger partial charge is 0.478 e. The number of aromatic nitrogens is 1. The highest BCUT2D eigenvalue weighted by Gasteiger charge is 2.25. The van der Waals surface area contributed by atoms with Crippen LogP contribution in [0.25, 0.3) is 0 Å². The van der Waals surface area contributed by atoms with Gasteiger partial charge >= 0.3 is 5.97 Å². The maximum absolute atomic E-state index is 11.7. The van der Waals surface area contributed by atoms with E-state index in [2.05, 4.69) is 20.1 Å². The summed E-state index contributed by atoms with van der Waals surface area (Å²) in [6.07, 6.45) is 5.13. The minimum absolute atomic E-state index is 0.140. The number of nitrogens with zero attached hydrogens (tertiary/aromatic N) is 3. The van der Waals surface area contributed by atoms with Gasteiger partial charge in [0.25, 0.3) is 0 Å². The van der Waals surface area contributed by atoms with Crippen molar-refractivity contribution in [1.82, 2.24) is 9.88 Å². The Balaban J connectivity index is 1.56. The number of pyridine rings is 1. The van der Waals surface area contributed by atoms with E-state index >= 15 is 0 Å². The summed E-state index contributed by atoms with van der Waals surface area (Å²) in [5, 5.41) is 12.3. The fourth-order valence-electron chi connectivity index (χ4n) is 3.81. The first-order valence-electron chi connectivity index (χ1n) is 10.1. The molecule has 8 heteroatoms. The van der Waals surface area contributed by atoms with Crippen LogP contribution in [0.1, 0.15) is 43.0 Å². The third kappa shape index (κ3) is 5.42. The Labute approximate surface area is 165 Å². The number of ether oxygens (including phenoxy) is 1. The third-order valence-corrected chi connectivity index (χ3v) is 5.57. The Bertz CT molecular complexity index is 683. The number of carbonyl (C=O) groups is 2. The monoisotopic (exact) mass is 390 g/mol. The molecular weight excluding hydrogens is 360 g/mol. The predicted molar refractivity (Wildman–Crippen MR) is 107 cm³/mol. The van der Waals surface area contributed by atoms with Crippen LogP contribution >= 0.6 is 0 Å². The lowest BCUT2D eigenvalue weighted by atomic mass is 9.93. The molecule has 2 aliphatic rings. The van der Waals surface area contributed by atoms with E-state index in [0.717, 1.165) is 58.8 Å². The normalized spacial score (nSPS) is 18.8. The summed E-state index contributed by atoms with van der Waals surface area (Å²) in [6.45, 7) is 8.17. The molecule has 0 aromatic carbocycles. The summed E-state index contributed by atoms with van der Waals surface area (Å²) >= 11 is 0. The number of anilines is 2. The fourth-order valence-corrected chi connectivity index (χ4v) is 3.81. The van der Waals surface area contributed by atoms with E-state index in [4.69, 9.17) is 4.74 Å². The molecule has 3 heterocycles. The van der Waals surface area contributed by atoms with Crippen LogP contribution in [0.15, 0.2) is 12.3 Å². The summed E-state index contributed by atoms with van der Waals surface area (Å²) in [6, 6.07) is 1.50. The van der Waals surface area contributed by atoms with Gasteiger partial charge in [-0.25, -0.2) is 9.78 Å². The third-order valence-electron chi connectivity index (χ3n) is 5.57. The van der Waals surface area contributed by atoms with Crippen molar-refractivity contribution in [3.63, 3.8) is 0 Å². The lowest BCUT2D eigenvalue weighted by Crippen LogP contribution is -2.39. The summed E-state index contributed by atoms with van der Waals surface area (Å²) in [7, 11) is 0. The second-order valence-corrected chi connectivity index (χ2v) is 7.48. The molecule has 1 aromatic heterocycles. The Kier molecular flexibility index (Phi) is 7.22. The Hall–Kier alpha value is -2.19. The van der Waals surface area contributed by atoms with Crippen LogP contribution in [0.5, 0.6) is 0 Å². The minimum Gasteiger partial charge on any atom is -0.478 e. The molecular formula is C20H30N4O4. The van der Waals surface area contributed by atoms with Crippen molar-refractivity contribution in [2.75, 3.05) is 56.2 Å².